The van der Waals surface area contributed by atoms with Gasteiger partial charge < -0.3 is 28.8 Å². The van der Waals surface area contributed by atoms with Gasteiger partial charge in [0.25, 0.3) is 0 Å². The van der Waals surface area contributed by atoms with Crippen LogP contribution in [0.5, 0.6) is 0 Å². The highest BCUT2D eigenvalue weighted by Crippen LogP contribution is 2.00. The van der Waals surface area contributed by atoms with Crippen molar-refractivity contribution < 1.29 is 28.8 Å². The maximum Gasteiger partial charge on any atom is 0.0700 e. The molecule has 0 aliphatic heterocycles. The van der Waals surface area contributed by atoms with Crippen LogP contribution in [0.25, 0.3) is 0 Å². The number of aliphatic hydroxyl groups is 1. The van der Waals surface area contributed by atoms with Crippen LogP contribution in [0.3, 0.4) is 0 Å². The molecular formula is C18H50O6. The van der Waals surface area contributed by atoms with Gasteiger partial charge >= 0.3 is 0 Å². The monoisotopic (exact) mass is 362 g/mol. The Morgan fingerprint density at radius 1 is 0.583 bits per heavy atom. The van der Waals surface area contributed by atoms with Gasteiger partial charge in [-0.3, -0.25) is 0 Å². The first-order valence-corrected chi connectivity index (χ1v) is 6.17. The minimum absolute atomic E-state index is 0. The molecule has 0 aromatic heterocycles. The largest absolute Gasteiger partial charge is 0.394 e. The maximum atomic E-state index is 8.65. The number of rotatable bonds is 14. The predicted octanol–water partition coefficient (Wildman–Crippen LogP) is 3.75. The number of methoxy groups -OCH3 is 2. The normalized spacial score (nSPS) is 8.50. The van der Waals surface area contributed by atoms with E-state index < -0.39 is 0 Å². The zero-order chi connectivity index (χ0) is 13.5. The minimum Gasteiger partial charge on any atom is -0.394 e. The molecule has 0 radical (unpaired) electrons. The van der Waals surface area contributed by atoms with E-state index in [-0.39, 0.29) is 57.1 Å². The van der Waals surface area contributed by atoms with Crippen molar-refractivity contribution in [3.05, 3.63) is 0 Å². The molecule has 0 aliphatic carbocycles. The lowest BCUT2D eigenvalue weighted by atomic mass is 10.2. The highest BCUT2D eigenvalue weighted by molar-refractivity contribution is 4.56. The second-order valence-electron chi connectivity index (χ2n) is 3.80. The fourth-order valence-corrected chi connectivity index (χ4v) is 1.24. The van der Waals surface area contributed by atoms with Crippen LogP contribution in [0.4, 0.5) is 0 Å². The van der Waals surface area contributed by atoms with Crippen molar-refractivity contribution >= 4 is 0 Å². The second kappa shape index (κ2) is 38.4. The van der Waals surface area contributed by atoms with Crippen LogP contribution in [0, 0.1) is 5.92 Å². The van der Waals surface area contributed by atoms with E-state index in [1.807, 2.05) is 0 Å². The molecule has 0 atom stereocenters. The Balaban J connectivity index is -0.0000000963. The lowest BCUT2D eigenvalue weighted by Gasteiger charge is -2.17. The Morgan fingerprint density at radius 3 is 1.21 bits per heavy atom. The Labute approximate surface area is 153 Å². The molecule has 158 valence electrons. The van der Waals surface area contributed by atoms with Gasteiger partial charge in [0.15, 0.2) is 0 Å². The lowest BCUT2D eigenvalue weighted by molar-refractivity contribution is -0.0273. The SMILES string of the molecule is C.C.C.C.C.C.COCCOCC(COCCO)COCCOC. The summed E-state index contributed by atoms with van der Waals surface area (Å²) >= 11 is 0. The third-order valence-corrected chi connectivity index (χ3v) is 2.16. The van der Waals surface area contributed by atoms with Crippen LogP contribution >= 0.6 is 0 Å². The van der Waals surface area contributed by atoms with Crippen molar-refractivity contribution in [2.45, 2.75) is 44.6 Å². The summed E-state index contributed by atoms with van der Waals surface area (Å²) in [7, 11) is 3.28. The summed E-state index contributed by atoms with van der Waals surface area (Å²) in [4.78, 5) is 0. The molecule has 0 aliphatic rings. The minimum atomic E-state index is 0. The van der Waals surface area contributed by atoms with Crippen molar-refractivity contribution in [2.24, 2.45) is 5.92 Å². The van der Waals surface area contributed by atoms with E-state index in [1.165, 1.54) is 0 Å². The standard InChI is InChI=1S/C12H26O6.6CH4/c1-14-5-7-17-10-12(9-16-4-3-13)11-18-8-6-15-2;;;;;;/h12-13H,3-11H2,1-2H3;6*1H4. The average molecular weight is 363 g/mol. The molecule has 0 heterocycles. The van der Waals surface area contributed by atoms with Crippen LogP contribution in [0.2, 0.25) is 0 Å². The first-order valence-electron chi connectivity index (χ1n) is 6.17. The Hall–Kier alpha value is -0.240. The summed E-state index contributed by atoms with van der Waals surface area (Å²) in [5.74, 6) is 0.158. The van der Waals surface area contributed by atoms with Gasteiger partial charge in [-0.05, 0) is 0 Å². The predicted molar refractivity (Wildman–Crippen MR) is 107 cm³/mol. The van der Waals surface area contributed by atoms with Crippen LogP contribution in [0.15, 0.2) is 0 Å². The third-order valence-electron chi connectivity index (χ3n) is 2.16. The van der Waals surface area contributed by atoms with Crippen LogP contribution in [-0.2, 0) is 23.7 Å². The van der Waals surface area contributed by atoms with E-state index in [4.69, 9.17) is 28.8 Å². The summed E-state index contributed by atoms with van der Waals surface area (Å²) < 4.78 is 26.0. The number of hydrogen-bond acceptors (Lipinski definition) is 6. The first kappa shape index (κ1) is 43.8. The molecule has 24 heavy (non-hydrogen) atoms. The quantitative estimate of drug-likeness (QED) is 0.475. The fraction of sp³-hybridized carbons (Fsp3) is 1.00. The summed E-state index contributed by atoms with van der Waals surface area (Å²) in [5.41, 5.74) is 0. The lowest BCUT2D eigenvalue weighted by Crippen LogP contribution is -2.24. The van der Waals surface area contributed by atoms with Gasteiger partial charge in [-0.2, -0.15) is 0 Å². The first-order chi connectivity index (χ1) is 8.85. The molecule has 6 heteroatoms. The van der Waals surface area contributed by atoms with Crippen molar-refractivity contribution in [3.8, 4) is 0 Å². The fourth-order valence-electron chi connectivity index (χ4n) is 1.24. The van der Waals surface area contributed by atoms with E-state index >= 15 is 0 Å². The molecule has 0 bridgehead atoms. The van der Waals surface area contributed by atoms with Crippen molar-refractivity contribution in [2.75, 3.05) is 73.7 Å². The van der Waals surface area contributed by atoms with E-state index in [2.05, 4.69) is 0 Å². The topological polar surface area (TPSA) is 66.4 Å². The summed E-state index contributed by atoms with van der Waals surface area (Å²) in [6, 6.07) is 0. The molecule has 0 aromatic rings. The molecule has 0 saturated heterocycles. The van der Waals surface area contributed by atoms with Crippen LogP contribution < -0.4 is 0 Å². The second-order valence-corrected chi connectivity index (χ2v) is 3.80. The van der Waals surface area contributed by atoms with Gasteiger partial charge in [-0.25, -0.2) is 0 Å². The maximum absolute atomic E-state index is 8.65. The molecule has 0 unspecified atom stereocenters. The van der Waals surface area contributed by atoms with E-state index in [0.717, 1.165) is 0 Å². The highest BCUT2D eigenvalue weighted by Gasteiger charge is 2.10. The third kappa shape index (κ3) is 33.4. The van der Waals surface area contributed by atoms with Crippen molar-refractivity contribution in [1.82, 2.24) is 0 Å². The molecule has 1 N–H and O–H groups in total. The van der Waals surface area contributed by atoms with E-state index in [9.17, 15) is 0 Å². The van der Waals surface area contributed by atoms with Gasteiger partial charge in [0.05, 0.1) is 59.5 Å². The Morgan fingerprint density at radius 2 is 0.917 bits per heavy atom. The molecule has 0 aromatic carbocycles. The van der Waals surface area contributed by atoms with Crippen LogP contribution in [-0.4, -0.2) is 78.8 Å². The van der Waals surface area contributed by atoms with Gasteiger partial charge in [0.2, 0.25) is 0 Å². The molecule has 0 amide bonds. The van der Waals surface area contributed by atoms with Gasteiger partial charge in [-0.15, -0.1) is 0 Å². The summed E-state index contributed by atoms with van der Waals surface area (Å²) in [6.45, 7) is 4.28. The van der Waals surface area contributed by atoms with Crippen molar-refractivity contribution in [3.63, 3.8) is 0 Å². The Kier molecular flexibility index (Phi) is 70.0. The summed E-state index contributed by atoms with van der Waals surface area (Å²) in [6.07, 6.45) is 0. The van der Waals surface area contributed by atoms with Gasteiger partial charge in [-0.1, -0.05) is 44.6 Å². The molecular weight excluding hydrogens is 312 g/mol. The number of aliphatic hydroxyl groups excluding tert-OH is 1. The molecule has 0 fully saturated rings. The molecule has 6 nitrogen and oxygen atoms in total. The van der Waals surface area contributed by atoms with Crippen LogP contribution in [0.1, 0.15) is 44.6 Å². The molecule has 0 spiro atoms. The smallest absolute Gasteiger partial charge is 0.0700 e. The highest BCUT2D eigenvalue weighted by atomic mass is 16.5. The van der Waals surface area contributed by atoms with Gasteiger partial charge in [0.1, 0.15) is 0 Å². The summed E-state index contributed by atoms with van der Waals surface area (Å²) in [5, 5.41) is 8.65. The van der Waals surface area contributed by atoms with E-state index in [0.29, 0.717) is 52.9 Å². The van der Waals surface area contributed by atoms with Gasteiger partial charge in [0, 0.05) is 20.1 Å². The Bertz CT molecular complexity index is 146. The number of ether oxygens (including phenoxy) is 5. The van der Waals surface area contributed by atoms with Crippen molar-refractivity contribution in [1.29, 1.82) is 0 Å². The van der Waals surface area contributed by atoms with E-state index in [1.54, 1.807) is 14.2 Å². The average Bonchev–Trinajstić information content (AvgIpc) is 2.39. The zero-order valence-electron chi connectivity index (χ0n) is 11.4. The molecule has 0 saturated carbocycles. The number of hydrogen-bond donors (Lipinski definition) is 1. The zero-order valence-corrected chi connectivity index (χ0v) is 11.4. The molecule has 0 rings (SSSR count).